The number of carbonyl (C=O) groups is 1. The van der Waals surface area contributed by atoms with Crippen LogP contribution in [-0.2, 0) is 26.1 Å². The van der Waals surface area contributed by atoms with Crippen LogP contribution in [-0.4, -0.2) is 51.5 Å². The number of hydrogen-bond donors (Lipinski definition) is 3. The molecule has 0 aromatic heterocycles. The molecule has 2 aliphatic heterocycles. The maximum absolute atomic E-state index is 13.2. The van der Waals surface area contributed by atoms with E-state index < -0.39 is 34.2 Å². The molecule has 3 aromatic rings. The summed E-state index contributed by atoms with van der Waals surface area (Å²) in [5.74, 6) is 0.295. The molecule has 0 bridgehead atoms. The molecule has 0 unspecified atom stereocenters. The number of sulfonamides is 1. The summed E-state index contributed by atoms with van der Waals surface area (Å²) in [6.45, 7) is 0.00704. The van der Waals surface area contributed by atoms with E-state index in [2.05, 4.69) is 10.0 Å². The van der Waals surface area contributed by atoms with Gasteiger partial charge in [-0.15, -0.1) is 0 Å². The van der Waals surface area contributed by atoms with E-state index >= 15 is 0 Å². The molecule has 0 aliphatic carbocycles. The van der Waals surface area contributed by atoms with Gasteiger partial charge in [-0.2, -0.15) is 0 Å². The molecule has 1 fully saturated rings. The molecular weight excluding hydrogens is 527 g/mol. The third-order valence-corrected chi connectivity index (χ3v) is 8.35. The number of fused-ring (bicyclic) bond motifs is 3. The predicted octanol–water partition coefficient (Wildman–Crippen LogP) is 3.34. The zero-order chi connectivity index (χ0) is 27.6. The number of anilines is 1. The molecule has 0 saturated carbocycles. The van der Waals surface area contributed by atoms with Crippen LogP contribution in [0.4, 0.5) is 10.1 Å². The van der Waals surface area contributed by atoms with E-state index in [0.29, 0.717) is 30.2 Å². The lowest BCUT2D eigenvalue weighted by Gasteiger charge is -2.37. The molecule has 11 heteroatoms. The van der Waals surface area contributed by atoms with Gasteiger partial charge in [-0.05, 0) is 55.0 Å². The lowest BCUT2D eigenvalue weighted by Crippen LogP contribution is -2.47. The first kappa shape index (κ1) is 26.9. The van der Waals surface area contributed by atoms with E-state index in [1.54, 1.807) is 25.3 Å². The van der Waals surface area contributed by atoms with Crippen LogP contribution in [0.5, 0.6) is 11.5 Å². The summed E-state index contributed by atoms with van der Waals surface area (Å²) in [5.41, 5.74) is 1.93. The maximum Gasteiger partial charge on any atom is 0.261 e. The normalized spacial score (nSPS) is 21.8. The molecule has 0 spiro atoms. The minimum Gasteiger partial charge on any atom is -0.496 e. The van der Waals surface area contributed by atoms with Gasteiger partial charge in [-0.3, -0.25) is 9.52 Å². The molecule has 2 aliphatic rings. The lowest BCUT2D eigenvalue weighted by molar-refractivity contribution is -0.142. The molecule has 39 heavy (non-hydrogen) atoms. The summed E-state index contributed by atoms with van der Waals surface area (Å²) in [6.07, 6.45) is -1.06. The summed E-state index contributed by atoms with van der Waals surface area (Å²) in [5, 5.41) is 12.9. The predicted molar refractivity (Wildman–Crippen MR) is 141 cm³/mol. The summed E-state index contributed by atoms with van der Waals surface area (Å²) >= 11 is 0. The van der Waals surface area contributed by atoms with Crippen molar-refractivity contribution < 1.29 is 36.9 Å². The first-order chi connectivity index (χ1) is 18.8. The van der Waals surface area contributed by atoms with Crippen LogP contribution in [0.3, 0.4) is 0 Å². The lowest BCUT2D eigenvalue weighted by atomic mass is 9.84. The number of hydrogen-bond acceptors (Lipinski definition) is 7. The molecule has 5 rings (SSSR count). The molecule has 1 saturated heterocycles. The van der Waals surface area contributed by atoms with Crippen LogP contribution >= 0.6 is 0 Å². The Bertz CT molecular complexity index is 1450. The second kappa shape index (κ2) is 11.2. The Morgan fingerprint density at radius 3 is 2.64 bits per heavy atom. The van der Waals surface area contributed by atoms with Crippen LogP contribution in [0, 0.1) is 5.82 Å². The van der Waals surface area contributed by atoms with Crippen LogP contribution in [0.25, 0.3) is 0 Å². The van der Waals surface area contributed by atoms with E-state index in [0.717, 1.165) is 23.3 Å². The third kappa shape index (κ3) is 5.85. The average Bonchev–Trinajstić information content (AvgIpc) is 3.29. The number of ether oxygens (including phenoxy) is 3. The van der Waals surface area contributed by atoms with Crippen LogP contribution < -0.4 is 19.5 Å². The summed E-state index contributed by atoms with van der Waals surface area (Å²) in [7, 11) is -2.37. The SMILES string of the molecule is COc1ccccc1CNC(=O)C[C@@H]1C[C@@H]2c3cc(NS(=O)(=O)c4ccc(F)cc4)ccc3O[C@@H]2[C@@H](CO)O1. The molecule has 1 amide bonds. The molecular formula is C28H29FN2O7S. The van der Waals surface area contributed by atoms with Crippen molar-refractivity contribution in [1.82, 2.24) is 5.32 Å². The number of rotatable bonds is 9. The van der Waals surface area contributed by atoms with Gasteiger partial charge in [-0.25, -0.2) is 12.8 Å². The highest BCUT2D eigenvalue weighted by Gasteiger charge is 2.46. The van der Waals surface area contributed by atoms with E-state index in [1.165, 1.54) is 12.1 Å². The molecule has 9 nitrogen and oxygen atoms in total. The van der Waals surface area contributed by atoms with Crippen molar-refractivity contribution in [2.45, 2.75) is 48.5 Å². The van der Waals surface area contributed by atoms with Crippen molar-refractivity contribution in [1.29, 1.82) is 0 Å². The first-order valence-corrected chi connectivity index (χ1v) is 14.0. The number of aliphatic hydroxyl groups excluding tert-OH is 1. The minimum atomic E-state index is -3.94. The van der Waals surface area contributed by atoms with Gasteiger partial charge in [0.05, 0.1) is 31.1 Å². The second-order valence-corrected chi connectivity index (χ2v) is 11.2. The number of methoxy groups -OCH3 is 1. The van der Waals surface area contributed by atoms with E-state index in [9.17, 15) is 22.7 Å². The number of benzene rings is 3. The third-order valence-electron chi connectivity index (χ3n) is 6.96. The number of nitrogens with one attached hydrogen (secondary N) is 2. The van der Waals surface area contributed by atoms with E-state index in [-0.39, 0.29) is 29.7 Å². The average molecular weight is 557 g/mol. The fourth-order valence-corrected chi connectivity index (χ4v) is 6.15. The fraction of sp³-hybridized carbons (Fsp3) is 0.321. The Hall–Kier alpha value is -3.67. The van der Waals surface area contributed by atoms with Crippen molar-refractivity contribution in [2.24, 2.45) is 0 Å². The van der Waals surface area contributed by atoms with Crippen molar-refractivity contribution in [3.63, 3.8) is 0 Å². The largest absolute Gasteiger partial charge is 0.496 e. The highest BCUT2D eigenvalue weighted by Crippen LogP contribution is 2.47. The monoisotopic (exact) mass is 556 g/mol. The molecule has 3 aromatic carbocycles. The second-order valence-electron chi connectivity index (χ2n) is 9.51. The van der Waals surface area contributed by atoms with Crippen molar-refractivity contribution in [3.8, 4) is 11.5 Å². The standard InChI is InChI=1S/C28H29FN2O7S/c1-36-24-5-3-2-4-17(24)15-30-27(33)14-20-13-23-22-12-19(8-11-25(22)38-28(23)26(16-32)37-20)31-39(34,35)21-9-6-18(29)7-10-21/h2-12,20,23,26,28,31-32H,13-16H2,1H3,(H,30,33)/t20-,23+,26+,28-/m0/s1. The quantitative estimate of drug-likeness (QED) is 0.370. The van der Waals surface area contributed by atoms with Gasteiger partial charge in [0.15, 0.2) is 0 Å². The van der Waals surface area contributed by atoms with Gasteiger partial charge in [0.2, 0.25) is 5.91 Å². The zero-order valence-electron chi connectivity index (χ0n) is 21.2. The van der Waals surface area contributed by atoms with Gasteiger partial charge in [-0.1, -0.05) is 18.2 Å². The van der Waals surface area contributed by atoms with Gasteiger partial charge in [0.25, 0.3) is 10.0 Å². The summed E-state index contributed by atoms with van der Waals surface area (Å²) in [6, 6.07) is 16.9. The topological polar surface area (TPSA) is 123 Å². The summed E-state index contributed by atoms with van der Waals surface area (Å²) < 4.78 is 58.8. The maximum atomic E-state index is 13.2. The van der Waals surface area contributed by atoms with Gasteiger partial charge in [0.1, 0.15) is 29.5 Å². The number of aliphatic hydroxyl groups is 1. The van der Waals surface area contributed by atoms with Crippen LogP contribution in [0.2, 0.25) is 0 Å². The smallest absolute Gasteiger partial charge is 0.261 e. The summed E-state index contributed by atoms with van der Waals surface area (Å²) in [4.78, 5) is 12.7. The first-order valence-electron chi connectivity index (χ1n) is 12.5. The Morgan fingerprint density at radius 2 is 1.90 bits per heavy atom. The van der Waals surface area contributed by atoms with Gasteiger partial charge in [0, 0.05) is 29.3 Å². The van der Waals surface area contributed by atoms with Crippen LogP contribution in [0.15, 0.2) is 71.6 Å². The highest BCUT2D eigenvalue weighted by molar-refractivity contribution is 7.92. The van der Waals surface area contributed by atoms with E-state index in [4.69, 9.17) is 14.2 Å². The molecule has 206 valence electrons. The Balaban J connectivity index is 1.28. The van der Waals surface area contributed by atoms with Crippen LogP contribution in [0.1, 0.15) is 29.9 Å². The number of halogens is 1. The van der Waals surface area contributed by atoms with Gasteiger partial charge < -0.3 is 24.6 Å². The molecule has 0 radical (unpaired) electrons. The van der Waals surface area contributed by atoms with Crippen molar-refractivity contribution in [2.75, 3.05) is 18.4 Å². The molecule has 4 atom stereocenters. The fourth-order valence-electron chi connectivity index (χ4n) is 5.10. The zero-order valence-corrected chi connectivity index (χ0v) is 22.0. The van der Waals surface area contributed by atoms with Crippen molar-refractivity contribution >= 4 is 21.6 Å². The number of carbonyl (C=O) groups excluding carboxylic acids is 1. The molecule has 2 heterocycles. The van der Waals surface area contributed by atoms with Crippen molar-refractivity contribution in [3.05, 3.63) is 83.7 Å². The highest BCUT2D eigenvalue weighted by atomic mass is 32.2. The Morgan fingerprint density at radius 1 is 1.13 bits per heavy atom. The van der Waals surface area contributed by atoms with Gasteiger partial charge >= 0.3 is 0 Å². The number of amides is 1. The minimum absolute atomic E-state index is 0.0656. The Labute approximate surface area is 226 Å². The molecule has 3 N–H and O–H groups in total. The number of para-hydroxylation sites is 1. The van der Waals surface area contributed by atoms with E-state index in [1.807, 2.05) is 24.3 Å². The Kier molecular flexibility index (Phi) is 7.74.